The van der Waals surface area contributed by atoms with Crippen molar-refractivity contribution in [2.24, 2.45) is 0 Å². The van der Waals surface area contributed by atoms with Gasteiger partial charge >= 0.3 is 0 Å². The molecule has 0 aliphatic carbocycles. The maximum absolute atomic E-state index is 12.4. The van der Waals surface area contributed by atoms with E-state index in [0.717, 1.165) is 38.4 Å². The number of hydrogen-bond acceptors (Lipinski definition) is 4. The quantitative estimate of drug-likeness (QED) is 0.851. The number of aromatic nitrogens is 1. The van der Waals surface area contributed by atoms with Gasteiger partial charge in [0.2, 0.25) is 5.91 Å². The van der Waals surface area contributed by atoms with Gasteiger partial charge in [-0.25, -0.2) is 4.98 Å². The summed E-state index contributed by atoms with van der Waals surface area (Å²) in [4.78, 5) is 23.2. The molecule has 126 valence electrons. The molecule has 1 aromatic heterocycles. The van der Waals surface area contributed by atoms with Crippen LogP contribution >= 0.6 is 0 Å². The molecule has 5 nitrogen and oxygen atoms in total. The second-order valence-electron chi connectivity index (χ2n) is 7.00. The number of nitrogens with zero attached hydrogens (tertiary/aromatic N) is 4. The zero-order chi connectivity index (χ0) is 16.2. The van der Waals surface area contributed by atoms with E-state index in [2.05, 4.69) is 22.0 Å². The van der Waals surface area contributed by atoms with Gasteiger partial charge in [0, 0.05) is 39.9 Å². The highest BCUT2D eigenvalue weighted by atomic mass is 16.2. The normalized spacial score (nSPS) is 22.3. The Kier molecular flexibility index (Phi) is 5.16. The second kappa shape index (κ2) is 7.30. The van der Waals surface area contributed by atoms with Gasteiger partial charge in [-0.3, -0.25) is 9.69 Å². The predicted octanol–water partition coefficient (Wildman–Crippen LogP) is 1.95. The molecule has 0 aromatic carbocycles. The molecule has 2 saturated heterocycles. The van der Waals surface area contributed by atoms with Crippen molar-refractivity contribution in [3.63, 3.8) is 0 Å². The van der Waals surface area contributed by atoms with Crippen LogP contribution in [0.15, 0.2) is 18.3 Å². The molecular weight excluding hydrogens is 288 g/mol. The lowest BCUT2D eigenvalue weighted by molar-refractivity contribution is -0.131. The van der Waals surface area contributed by atoms with E-state index in [9.17, 15) is 4.79 Å². The lowest BCUT2D eigenvalue weighted by Crippen LogP contribution is -2.43. The monoisotopic (exact) mass is 316 g/mol. The number of amides is 1. The van der Waals surface area contributed by atoms with Crippen molar-refractivity contribution in [1.29, 1.82) is 0 Å². The summed E-state index contributed by atoms with van der Waals surface area (Å²) in [6, 6.07) is 4.32. The average molecular weight is 316 g/mol. The third-order valence-electron chi connectivity index (χ3n) is 5.02. The maximum Gasteiger partial charge on any atom is 0.236 e. The summed E-state index contributed by atoms with van der Waals surface area (Å²) < 4.78 is 0. The van der Waals surface area contributed by atoms with Crippen LogP contribution in [0, 0.1) is 0 Å². The summed E-state index contributed by atoms with van der Waals surface area (Å²) in [5.74, 6) is 1.83. The largest absolute Gasteiger partial charge is 0.363 e. The Morgan fingerprint density at radius 2 is 2.04 bits per heavy atom. The summed E-state index contributed by atoms with van der Waals surface area (Å²) in [5, 5.41) is 0. The molecule has 3 rings (SSSR count). The average Bonchev–Trinajstić information content (AvgIpc) is 3.10. The van der Waals surface area contributed by atoms with Crippen LogP contribution in [0.5, 0.6) is 0 Å². The molecular formula is C18H28N4O. The highest BCUT2D eigenvalue weighted by Crippen LogP contribution is 2.28. The number of hydrogen-bond donors (Lipinski definition) is 0. The Morgan fingerprint density at radius 1 is 1.26 bits per heavy atom. The Balaban J connectivity index is 1.61. The highest BCUT2D eigenvalue weighted by molar-refractivity contribution is 5.78. The number of piperidine rings is 1. The van der Waals surface area contributed by atoms with E-state index < -0.39 is 0 Å². The molecule has 5 heteroatoms. The molecule has 0 bridgehead atoms. The standard InChI is InChI=1S/C18H28N4O/c1-20(2)17-12-15(7-8-19-17)16-6-5-9-21(13-16)14-18(23)22-10-3-4-11-22/h7-8,12,16H,3-6,9-11,13-14H2,1-2H3/t16-/m0/s1. The van der Waals surface area contributed by atoms with Gasteiger partial charge in [-0.15, -0.1) is 0 Å². The molecule has 2 aliphatic heterocycles. The highest BCUT2D eigenvalue weighted by Gasteiger charge is 2.26. The number of carbonyl (C=O) groups is 1. The van der Waals surface area contributed by atoms with E-state index in [4.69, 9.17) is 0 Å². The molecule has 2 fully saturated rings. The zero-order valence-electron chi connectivity index (χ0n) is 14.4. The molecule has 1 aromatic rings. The first kappa shape index (κ1) is 16.2. The maximum atomic E-state index is 12.4. The van der Waals surface area contributed by atoms with E-state index in [1.165, 1.54) is 24.8 Å². The Bertz CT molecular complexity index is 540. The smallest absolute Gasteiger partial charge is 0.236 e. The zero-order valence-corrected chi connectivity index (χ0v) is 14.4. The van der Waals surface area contributed by atoms with Crippen LogP contribution in [0.1, 0.15) is 37.2 Å². The number of pyridine rings is 1. The van der Waals surface area contributed by atoms with Crippen LogP contribution in [0.2, 0.25) is 0 Å². The number of rotatable bonds is 4. The van der Waals surface area contributed by atoms with Gasteiger partial charge in [0.15, 0.2) is 0 Å². The van der Waals surface area contributed by atoms with Crippen molar-refractivity contribution in [2.45, 2.75) is 31.6 Å². The van der Waals surface area contributed by atoms with Crippen LogP contribution in [0.25, 0.3) is 0 Å². The van der Waals surface area contributed by atoms with Gasteiger partial charge in [0.25, 0.3) is 0 Å². The minimum Gasteiger partial charge on any atom is -0.363 e. The van der Waals surface area contributed by atoms with E-state index in [1.807, 2.05) is 30.1 Å². The predicted molar refractivity (Wildman–Crippen MR) is 92.8 cm³/mol. The topological polar surface area (TPSA) is 39.7 Å². The van der Waals surface area contributed by atoms with E-state index in [-0.39, 0.29) is 0 Å². The molecule has 2 aliphatic rings. The van der Waals surface area contributed by atoms with Gasteiger partial charge in [0.1, 0.15) is 5.82 Å². The van der Waals surface area contributed by atoms with Crippen molar-refractivity contribution >= 4 is 11.7 Å². The molecule has 23 heavy (non-hydrogen) atoms. The summed E-state index contributed by atoms with van der Waals surface area (Å²) >= 11 is 0. The van der Waals surface area contributed by atoms with Crippen LogP contribution in [0.3, 0.4) is 0 Å². The van der Waals surface area contributed by atoms with Crippen LogP contribution in [-0.2, 0) is 4.79 Å². The fourth-order valence-electron chi connectivity index (χ4n) is 3.66. The molecule has 0 saturated carbocycles. The van der Waals surface area contributed by atoms with Crippen LogP contribution in [-0.4, -0.2) is 67.5 Å². The number of likely N-dealkylation sites (tertiary alicyclic amines) is 2. The van der Waals surface area contributed by atoms with E-state index in [0.29, 0.717) is 18.4 Å². The van der Waals surface area contributed by atoms with Gasteiger partial charge in [-0.05, 0) is 55.8 Å². The fourth-order valence-corrected chi connectivity index (χ4v) is 3.66. The molecule has 0 spiro atoms. The van der Waals surface area contributed by atoms with Crippen molar-refractivity contribution in [1.82, 2.24) is 14.8 Å². The van der Waals surface area contributed by atoms with Crippen molar-refractivity contribution in [3.8, 4) is 0 Å². The first-order chi connectivity index (χ1) is 11.1. The molecule has 0 unspecified atom stereocenters. The Labute approximate surface area is 139 Å². The first-order valence-corrected chi connectivity index (χ1v) is 8.77. The van der Waals surface area contributed by atoms with Gasteiger partial charge < -0.3 is 9.80 Å². The van der Waals surface area contributed by atoms with Crippen molar-refractivity contribution < 1.29 is 4.79 Å². The first-order valence-electron chi connectivity index (χ1n) is 8.77. The van der Waals surface area contributed by atoms with Crippen molar-refractivity contribution in [3.05, 3.63) is 23.9 Å². The molecule has 3 heterocycles. The lowest BCUT2D eigenvalue weighted by Gasteiger charge is -2.33. The summed E-state index contributed by atoms with van der Waals surface area (Å²) in [7, 11) is 4.04. The van der Waals surface area contributed by atoms with Crippen LogP contribution in [0.4, 0.5) is 5.82 Å². The van der Waals surface area contributed by atoms with E-state index >= 15 is 0 Å². The lowest BCUT2D eigenvalue weighted by atomic mass is 9.91. The second-order valence-corrected chi connectivity index (χ2v) is 7.00. The minimum absolute atomic E-state index is 0.312. The van der Waals surface area contributed by atoms with Crippen LogP contribution < -0.4 is 4.90 Å². The summed E-state index contributed by atoms with van der Waals surface area (Å²) in [5.41, 5.74) is 1.35. The van der Waals surface area contributed by atoms with Gasteiger partial charge in [-0.2, -0.15) is 0 Å². The third kappa shape index (κ3) is 4.02. The molecule has 1 atom stereocenters. The molecule has 0 N–H and O–H groups in total. The Morgan fingerprint density at radius 3 is 2.78 bits per heavy atom. The van der Waals surface area contributed by atoms with Gasteiger partial charge in [-0.1, -0.05) is 0 Å². The molecule has 1 amide bonds. The fraction of sp³-hybridized carbons (Fsp3) is 0.667. The summed E-state index contributed by atoms with van der Waals surface area (Å²) in [6.07, 6.45) is 6.60. The summed E-state index contributed by atoms with van der Waals surface area (Å²) in [6.45, 7) is 4.51. The minimum atomic E-state index is 0.312. The van der Waals surface area contributed by atoms with Gasteiger partial charge in [0.05, 0.1) is 6.54 Å². The van der Waals surface area contributed by atoms with Crippen molar-refractivity contribution in [2.75, 3.05) is 51.7 Å². The van der Waals surface area contributed by atoms with E-state index in [1.54, 1.807) is 0 Å². The number of anilines is 1. The Hall–Kier alpha value is -1.62. The SMILES string of the molecule is CN(C)c1cc([C@H]2CCCN(CC(=O)N3CCCC3)C2)ccn1. The third-order valence-corrected chi connectivity index (χ3v) is 5.02. The molecule has 0 radical (unpaired) electrons. The number of carbonyl (C=O) groups excluding carboxylic acids is 1.